The molecule has 0 amide bonds. The van der Waals surface area contributed by atoms with Crippen molar-refractivity contribution >= 4 is 32.9 Å². The lowest BCUT2D eigenvalue weighted by atomic mass is 9.85. The summed E-state index contributed by atoms with van der Waals surface area (Å²) in [5, 5.41) is 3.01. The number of hydrogen-bond acceptors (Lipinski definition) is 3. The van der Waals surface area contributed by atoms with Crippen LogP contribution in [0, 0.1) is 5.41 Å². The molecule has 2 heterocycles. The van der Waals surface area contributed by atoms with Crippen LogP contribution in [-0.4, -0.2) is 40.3 Å². The number of amidine groups is 1. The molecule has 0 radical (unpaired) electrons. The van der Waals surface area contributed by atoms with Gasteiger partial charge in [-0.3, -0.25) is 4.99 Å². The summed E-state index contributed by atoms with van der Waals surface area (Å²) >= 11 is 5.50. The molecule has 1 fully saturated rings. The van der Waals surface area contributed by atoms with Gasteiger partial charge in [-0.25, -0.2) is 0 Å². The van der Waals surface area contributed by atoms with Gasteiger partial charge < -0.3 is 4.90 Å². The molecule has 2 nitrogen and oxygen atoms in total. The SMILES string of the molecule is CC1(C)CCCN(C2=NCC(CBr)S2)CC1. The Kier molecular flexibility index (Phi) is 4.22. The van der Waals surface area contributed by atoms with Crippen LogP contribution in [0.3, 0.4) is 0 Å². The lowest BCUT2D eigenvalue weighted by molar-refractivity contribution is 0.314. The first-order chi connectivity index (χ1) is 7.61. The zero-order chi connectivity index (χ0) is 11.6. The maximum absolute atomic E-state index is 4.68. The topological polar surface area (TPSA) is 15.6 Å². The standard InChI is InChI=1S/C12H21BrN2S/c1-12(2)4-3-6-15(7-5-12)11-14-9-10(8-13)16-11/h10H,3-9H2,1-2H3. The van der Waals surface area contributed by atoms with Crippen LogP contribution in [0.15, 0.2) is 4.99 Å². The third-order valence-corrected chi connectivity index (χ3v) is 5.94. The van der Waals surface area contributed by atoms with Crippen LogP contribution in [0.5, 0.6) is 0 Å². The van der Waals surface area contributed by atoms with E-state index in [1.165, 1.54) is 37.5 Å². The molecule has 2 rings (SSSR count). The van der Waals surface area contributed by atoms with Crippen molar-refractivity contribution in [3.63, 3.8) is 0 Å². The third kappa shape index (κ3) is 3.16. The largest absolute Gasteiger partial charge is 0.351 e. The van der Waals surface area contributed by atoms with Crippen molar-refractivity contribution < 1.29 is 0 Å². The number of alkyl halides is 1. The van der Waals surface area contributed by atoms with Gasteiger partial charge in [0.2, 0.25) is 0 Å². The van der Waals surface area contributed by atoms with Crippen molar-refractivity contribution in [2.45, 2.75) is 38.4 Å². The Morgan fingerprint density at radius 1 is 1.44 bits per heavy atom. The first kappa shape index (κ1) is 12.7. The molecule has 92 valence electrons. The molecule has 2 aliphatic rings. The maximum atomic E-state index is 4.68. The van der Waals surface area contributed by atoms with Gasteiger partial charge in [0.25, 0.3) is 0 Å². The average molecular weight is 305 g/mol. The van der Waals surface area contributed by atoms with Gasteiger partial charge in [-0.2, -0.15) is 0 Å². The number of nitrogens with zero attached hydrogens (tertiary/aromatic N) is 2. The minimum absolute atomic E-state index is 0.521. The molecule has 0 aromatic heterocycles. The average Bonchev–Trinajstić information content (AvgIpc) is 2.64. The number of likely N-dealkylation sites (tertiary alicyclic amines) is 1. The van der Waals surface area contributed by atoms with E-state index >= 15 is 0 Å². The molecule has 0 aromatic carbocycles. The zero-order valence-electron chi connectivity index (χ0n) is 10.2. The van der Waals surface area contributed by atoms with Crippen LogP contribution < -0.4 is 0 Å². The van der Waals surface area contributed by atoms with E-state index in [9.17, 15) is 0 Å². The summed E-state index contributed by atoms with van der Waals surface area (Å²) < 4.78 is 0. The molecule has 2 aliphatic heterocycles. The Hall–Kier alpha value is 0.300. The summed E-state index contributed by atoms with van der Waals surface area (Å²) in [6.45, 7) is 8.16. The Morgan fingerprint density at radius 3 is 2.94 bits per heavy atom. The molecule has 0 aliphatic carbocycles. The van der Waals surface area contributed by atoms with Crippen LogP contribution >= 0.6 is 27.7 Å². The molecule has 0 aromatic rings. The smallest absolute Gasteiger partial charge is 0.159 e. The predicted octanol–water partition coefficient (Wildman–Crippen LogP) is 3.36. The Labute approximate surface area is 111 Å². The molecule has 0 N–H and O–H groups in total. The van der Waals surface area contributed by atoms with Crippen molar-refractivity contribution in [2.75, 3.05) is 25.0 Å². The molecular weight excluding hydrogens is 284 g/mol. The lowest BCUT2D eigenvalue weighted by Crippen LogP contribution is -2.29. The number of halogens is 1. The minimum Gasteiger partial charge on any atom is -0.351 e. The van der Waals surface area contributed by atoms with E-state index in [4.69, 9.17) is 0 Å². The van der Waals surface area contributed by atoms with Gasteiger partial charge in [0.15, 0.2) is 5.17 Å². The molecule has 16 heavy (non-hydrogen) atoms. The quantitative estimate of drug-likeness (QED) is 0.690. The van der Waals surface area contributed by atoms with Gasteiger partial charge in [-0.15, -0.1) is 0 Å². The van der Waals surface area contributed by atoms with Crippen molar-refractivity contribution in [3.05, 3.63) is 0 Å². The predicted molar refractivity (Wildman–Crippen MR) is 76.7 cm³/mol. The molecule has 0 bridgehead atoms. The molecule has 1 unspecified atom stereocenters. The second-order valence-corrected chi connectivity index (χ2v) is 7.44. The monoisotopic (exact) mass is 304 g/mol. The molecule has 0 saturated carbocycles. The van der Waals surface area contributed by atoms with E-state index in [2.05, 4.69) is 39.7 Å². The summed E-state index contributed by atoms with van der Waals surface area (Å²) in [4.78, 5) is 7.18. The van der Waals surface area contributed by atoms with E-state index < -0.39 is 0 Å². The van der Waals surface area contributed by atoms with Crippen molar-refractivity contribution in [1.82, 2.24) is 4.90 Å². The maximum Gasteiger partial charge on any atom is 0.159 e. The first-order valence-corrected chi connectivity index (χ1v) is 8.13. The second kappa shape index (κ2) is 5.30. The highest BCUT2D eigenvalue weighted by molar-refractivity contribution is 9.09. The normalized spacial score (nSPS) is 30.1. The fourth-order valence-corrected chi connectivity index (χ4v) is 3.86. The second-order valence-electron chi connectivity index (χ2n) is 5.52. The fourth-order valence-electron chi connectivity index (χ4n) is 2.27. The highest BCUT2D eigenvalue weighted by Crippen LogP contribution is 2.32. The first-order valence-electron chi connectivity index (χ1n) is 6.13. The highest BCUT2D eigenvalue weighted by atomic mass is 79.9. The summed E-state index contributed by atoms with van der Waals surface area (Å²) in [6, 6.07) is 0. The van der Waals surface area contributed by atoms with Crippen molar-refractivity contribution in [1.29, 1.82) is 0 Å². The summed E-state index contributed by atoms with van der Waals surface area (Å²) in [7, 11) is 0. The summed E-state index contributed by atoms with van der Waals surface area (Å²) in [5.41, 5.74) is 0.521. The van der Waals surface area contributed by atoms with E-state index in [1.807, 2.05) is 11.8 Å². The Bertz CT molecular complexity index is 278. The van der Waals surface area contributed by atoms with E-state index in [1.54, 1.807) is 0 Å². The number of aliphatic imine (C=N–C) groups is 1. The minimum atomic E-state index is 0.521. The van der Waals surface area contributed by atoms with E-state index in [0.717, 1.165) is 11.9 Å². The lowest BCUT2D eigenvalue weighted by Gasteiger charge is -2.24. The van der Waals surface area contributed by atoms with Gasteiger partial charge >= 0.3 is 0 Å². The van der Waals surface area contributed by atoms with Crippen molar-refractivity contribution in [2.24, 2.45) is 10.4 Å². The van der Waals surface area contributed by atoms with Crippen LogP contribution in [0.25, 0.3) is 0 Å². The van der Waals surface area contributed by atoms with Crippen LogP contribution in [0.4, 0.5) is 0 Å². The highest BCUT2D eigenvalue weighted by Gasteiger charge is 2.28. The van der Waals surface area contributed by atoms with E-state index in [0.29, 0.717) is 10.7 Å². The number of thioether (sulfide) groups is 1. The van der Waals surface area contributed by atoms with Crippen LogP contribution in [0.1, 0.15) is 33.1 Å². The van der Waals surface area contributed by atoms with E-state index in [-0.39, 0.29) is 0 Å². The molecule has 0 spiro atoms. The zero-order valence-corrected chi connectivity index (χ0v) is 12.6. The molecule has 1 atom stereocenters. The molecule has 4 heteroatoms. The van der Waals surface area contributed by atoms with Gasteiger partial charge in [-0.05, 0) is 24.7 Å². The van der Waals surface area contributed by atoms with Crippen molar-refractivity contribution in [3.8, 4) is 0 Å². The van der Waals surface area contributed by atoms with Gasteiger partial charge in [0.05, 0.1) is 6.54 Å². The Balaban J connectivity index is 1.91. The Morgan fingerprint density at radius 2 is 2.25 bits per heavy atom. The number of hydrogen-bond donors (Lipinski definition) is 0. The third-order valence-electron chi connectivity index (χ3n) is 3.48. The molecule has 1 saturated heterocycles. The number of rotatable bonds is 1. The fraction of sp³-hybridized carbons (Fsp3) is 0.917. The van der Waals surface area contributed by atoms with Crippen LogP contribution in [0.2, 0.25) is 0 Å². The molecular formula is C12H21BrN2S. The van der Waals surface area contributed by atoms with Gasteiger partial charge in [-0.1, -0.05) is 41.5 Å². The van der Waals surface area contributed by atoms with Gasteiger partial charge in [0.1, 0.15) is 0 Å². The summed E-state index contributed by atoms with van der Waals surface area (Å²) in [6.07, 6.45) is 3.96. The summed E-state index contributed by atoms with van der Waals surface area (Å²) in [5.74, 6) is 0. The van der Waals surface area contributed by atoms with Crippen LogP contribution in [-0.2, 0) is 0 Å². The van der Waals surface area contributed by atoms with Gasteiger partial charge in [0, 0.05) is 23.7 Å².